The monoisotopic (exact) mass is 548 g/mol. The van der Waals surface area contributed by atoms with Gasteiger partial charge in [-0.1, -0.05) is 90.4 Å². The Balaban J connectivity index is 1.79. The number of hydrogen-bond donors (Lipinski definition) is 2. The Morgan fingerprint density at radius 2 is 1.50 bits per heavy atom. The molecule has 0 aliphatic carbocycles. The van der Waals surface area contributed by atoms with E-state index in [1.54, 1.807) is 30.3 Å². The third-order valence-corrected chi connectivity index (χ3v) is 5.76. The molecule has 1 atom stereocenters. The molecular weight excluding hydrogens is 520 g/mol. The molecule has 0 heterocycles. The molecule has 0 spiro atoms. The van der Waals surface area contributed by atoms with Gasteiger partial charge in [0.2, 0.25) is 0 Å². The summed E-state index contributed by atoms with van der Waals surface area (Å²) >= 11 is 3.35. The molecule has 3 aromatic rings. The molecule has 3 rings (SSSR count). The summed E-state index contributed by atoms with van der Waals surface area (Å²) in [5, 5.41) is 5.47. The molecule has 186 valence electrons. The predicted molar refractivity (Wildman–Crippen MR) is 144 cm³/mol. The van der Waals surface area contributed by atoms with Crippen LogP contribution in [0.2, 0.25) is 0 Å². The average Bonchev–Trinajstić information content (AvgIpc) is 2.87. The minimum Gasteiger partial charge on any atom is -0.459 e. The van der Waals surface area contributed by atoms with E-state index in [1.807, 2.05) is 74.5 Å². The summed E-state index contributed by atoms with van der Waals surface area (Å²) in [5.41, 5.74) is 2.00. The number of amides is 2. The molecule has 7 heteroatoms. The Bertz CT molecular complexity index is 1190. The zero-order chi connectivity index (χ0) is 25.9. The Labute approximate surface area is 219 Å². The van der Waals surface area contributed by atoms with Crippen molar-refractivity contribution in [3.05, 3.63) is 112 Å². The SMILES string of the molecule is CC(C)CC(NC(=O)/C(=C/c1ccccc1)NC(=O)c1ccc(Br)cc1)C(=O)OCc1ccccc1. The Hall–Kier alpha value is -3.71. The topological polar surface area (TPSA) is 84.5 Å². The lowest BCUT2D eigenvalue weighted by Crippen LogP contribution is -2.45. The van der Waals surface area contributed by atoms with E-state index in [1.165, 1.54) is 0 Å². The second-order valence-electron chi connectivity index (χ2n) is 8.68. The lowest BCUT2D eigenvalue weighted by atomic mass is 10.0. The number of rotatable bonds is 10. The first-order valence-electron chi connectivity index (χ1n) is 11.7. The summed E-state index contributed by atoms with van der Waals surface area (Å²) in [5.74, 6) is -1.42. The van der Waals surface area contributed by atoms with E-state index in [4.69, 9.17) is 4.74 Å². The number of nitrogens with one attached hydrogen (secondary N) is 2. The number of benzene rings is 3. The van der Waals surface area contributed by atoms with Gasteiger partial charge in [-0.25, -0.2) is 4.79 Å². The summed E-state index contributed by atoms with van der Waals surface area (Å²) < 4.78 is 6.32. The third-order valence-electron chi connectivity index (χ3n) is 5.23. The van der Waals surface area contributed by atoms with Gasteiger partial charge in [0.1, 0.15) is 18.3 Å². The predicted octanol–water partition coefficient (Wildman–Crippen LogP) is 5.49. The fourth-order valence-corrected chi connectivity index (χ4v) is 3.69. The van der Waals surface area contributed by atoms with Crippen LogP contribution in [0.5, 0.6) is 0 Å². The number of esters is 1. The summed E-state index contributed by atoms with van der Waals surface area (Å²) in [6, 6.07) is 24.4. The van der Waals surface area contributed by atoms with E-state index in [0.717, 1.165) is 15.6 Å². The fraction of sp³-hybridized carbons (Fsp3) is 0.207. The zero-order valence-electron chi connectivity index (χ0n) is 20.2. The minimum atomic E-state index is -0.870. The van der Waals surface area contributed by atoms with Gasteiger partial charge in [0.15, 0.2) is 0 Å². The van der Waals surface area contributed by atoms with Crippen LogP contribution in [0, 0.1) is 5.92 Å². The van der Waals surface area contributed by atoms with Crippen molar-refractivity contribution in [3.8, 4) is 0 Å². The van der Waals surface area contributed by atoms with Crippen molar-refractivity contribution < 1.29 is 19.1 Å². The van der Waals surface area contributed by atoms with E-state index >= 15 is 0 Å². The number of carbonyl (C=O) groups excluding carboxylic acids is 3. The van der Waals surface area contributed by atoms with Crippen LogP contribution < -0.4 is 10.6 Å². The van der Waals surface area contributed by atoms with Crippen molar-refractivity contribution in [2.75, 3.05) is 0 Å². The molecule has 2 N–H and O–H groups in total. The molecule has 36 heavy (non-hydrogen) atoms. The highest BCUT2D eigenvalue weighted by Crippen LogP contribution is 2.13. The highest BCUT2D eigenvalue weighted by molar-refractivity contribution is 9.10. The third kappa shape index (κ3) is 8.50. The van der Waals surface area contributed by atoms with E-state index in [0.29, 0.717) is 12.0 Å². The zero-order valence-corrected chi connectivity index (χ0v) is 21.8. The standard InChI is InChI=1S/C29H29BrN2O4/c1-20(2)17-26(29(35)36-19-22-11-7-4-8-12-22)32-28(34)25(18-21-9-5-3-6-10-21)31-27(33)23-13-15-24(30)16-14-23/h3-16,18,20,26H,17,19H2,1-2H3,(H,31,33)(H,32,34)/b25-18-. The maximum atomic E-state index is 13.3. The Morgan fingerprint density at radius 3 is 2.11 bits per heavy atom. The van der Waals surface area contributed by atoms with Gasteiger partial charge in [-0.3, -0.25) is 9.59 Å². The van der Waals surface area contributed by atoms with Gasteiger partial charge in [-0.05, 0) is 53.8 Å². The largest absolute Gasteiger partial charge is 0.459 e. The molecule has 0 bridgehead atoms. The number of ether oxygens (including phenoxy) is 1. The smallest absolute Gasteiger partial charge is 0.328 e. The lowest BCUT2D eigenvalue weighted by Gasteiger charge is -2.20. The van der Waals surface area contributed by atoms with Gasteiger partial charge in [0.25, 0.3) is 11.8 Å². The molecule has 0 saturated heterocycles. The van der Waals surface area contributed by atoms with Gasteiger partial charge in [0.05, 0.1) is 0 Å². The van der Waals surface area contributed by atoms with Crippen LogP contribution in [0.15, 0.2) is 95.1 Å². The maximum absolute atomic E-state index is 13.3. The van der Waals surface area contributed by atoms with Crippen molar-refractivity contribution in [1.82, 2.24) is 10.6 Å². The molecule has 0 saturated carbocycles. The molecule has 0 radical (unpaired) electrons. The second-order valence-corrected chi connectivity index (χ2v) is 9.59. The van der Waals surface area contributed by atoms with Gasteiger partial charge >= 0.3 is 5.97 Å². The molecule has 3 aromatic carbocycles. The normalized spacial score (nSPS) is 12.1. The summed E-state index contributed by atoms with van der Waals surface area (Å²) in [6.45, 7) is 4.02. The fourth-order valence-electron chi connectivity index (χ4n) is 3.42. The molecule has 0 aliphatic heterocycles. The van der Waals surface area contributed by atoms with E-state index in [-0.39, 0.29) is 18.2 Å². The molecule has 0 fully saturated rings. The van der Waals surface area contributed by atoms with Crippen molar-refractivity contribution in [1.29, 1.82) is 0 Å². The molecule has 0 aromatic heterocycles. The van der Waals surface area contributed by atoms with Crippen molar-refractivity contribution >= 4 is 39.8 Å². The first-order chi connectivity index (χ1) is 17.3. The minimum absolute atomic E-state index is 0.0266. The average molecular weight is 549 g/mol. The van der Waals surface area contributed by atoms with Crippen LogP contribution in [0.1, 0.15) is 41.8 Å². The quantitative estimate of drug-likeness (QED) is 0.259. The van der Waals surface area contributed by atoms with Gasteiger partial charge < -0.3 is 15.4 Å². The summed E-state index contributed by atoms with van der Waals surface area (Å²) in [4.78, 5) is 39.1. The van der Waals surface area contributed by atoms with Crippen molar-refractivity contribution in [2.24, 2.45) is 5.92 Å². The highest BCUT2D eigenvalue weighted by Gasteiger charge is 2.26. The molecular formula is C29H29BrN2O4. The Morgan fingerprint density at radius 1 is 0.889 bits per heavy atom. The van der Waals surface area contributed by atoms with Crippen LogP contribution >= 0.6 is 15.9 Å². The van der Waals surface area contributed by atoms with Crippen LogP contribution in [0.3, 0.4) is 0 Å². The molecule has 1 unspecified atom stereocenters. The highest BCUT2D eigenvalue weighted by atomic mass is 79.9. The first kappa shape index (κ1) is 26.9. The van der Waals surface area contributed by atoms with E-state index in [9.17, 15) is 14.4 Å². The number of hydrogen-bond acceptors (Lipinski definition) is 4. The number of carbonyl (C=O) groups is 3. The van der Waals surface area contributed by atoms with Crippen LogP contribution in [-0.2, 0) is 20.9 Å². The van der Waals surface area contributed by atoms with Crippen LogP contribution in [-0.4, -0.2) is 23.8 Å². The van der Waals surface area contributed by atoms with Gasteiger partial charge in [-0.15, -0.1) is 0 Å². The maximum Gasteiger partial charge on any atom is 0.328 e. The van der Waals surface area contributed by atoms with Crippen LogP contribution in [0.25, 0.3) is 6.08 Å². The second kappa shape index (κ2) is 13.4. The first-order valence-corrected chi connectivity index (χ1v) is 12.5. The molecule has 6 nitrogen and oxygen atoms in total. The Kier molecular flexibility index (Phi) is 10.0. The molecule has 2 amide bonds. The number of halogens is 1. The van der Waals surface area contributed by atoms with Crippen LogP contribution in [0.4, 0.5) is 0 Å². The van der Waals surface area contributed by atoms with Gasteiger partial charge in [0, 0.05) is 10.0 Å². The van der Waals surface area contributed by atoms with Gasteiger partial charge in [-0.2, -0.15) is 0 Å². The molecule has 0 aliphatic rings. The lowest BCUT2D eigenvalue weighted by molar-refractivity contribution is -0.149. The van der Waals surface area contributed by atoms with E-state index in [2.05, 4.69) is 26.6 Å². The summed E-state index contributed by atoms with van der Waals surface area (Å²) in [6.07, 6.45) is 1.96. The van der Waals surface area contributed by atoms with E-state index < -0.39 is 23.8 Å². The van der Waals surface area contributed by atoms with Crippen molar-refractivity contribution in [3.63, 3.8) is 0 Å². The van der Waals surface area contributed by atoms with Crippen molar-refractivity contribution in [2.45, 2.75) is 32.9 Å². The summed E-state index contributed by atoms with van der Waals surface area (Å²) in [7, 11) is 0.